The Labute approximate surface area is 244 Å². The standard InChI is InChI=1S/C29H33BrClN3O4S/c1-21(2)18-32-29(36)27(17-22-9-5-4-6-10-22)33(19-23-13-15-24(31)16-14-23)28(35)20-34(39(3,37)38)26-12-8-7-11-25(26)30/h4-16,21,27H,17-20H2,1-3H3,(H,32,36)/t27-/m0/s1. The SMILES string of the molecule is CC(C)CNC(=O)[C@H](Cc1ccccc1)N(Cc1ccc(Cl)cc1)C(=O)CN(c1ccccc1Br)S(C)(=O)=O. The molecular formula is C29H33BrClN3O4S. The van der Waals surface area contributed by atoms with Crippen LogP contribution in [0.1, 0.15) is 25.0 Å². The van der Waals surface area contributed by atoms with Crippen molar-refractivity contribution in [1.82, 2.24) is 10.2 Å². The van der Waals surface area contributed by atoms with Gasteiger partial charge in [-0.25, -0.2) is 8.42 Å². The predicted molar refractivity (Wildman–Crippen MR) is 160 cm³/mol. The topological polar surface area (TPSA) is 86.8 Å². The van der Waals surface area contributed by atoms with Crippen LogP contribution in [0.25, 0.3) is 0 Å². The molecule has 10 heteroatoms. The average Bonchev–Trinajstić information content (AvgIpc) is 2.89. The molecule has 0 aliphatic heterocycles. The highest BCUT2D eigenvalue weighted by Crippen LogP contribution is 2.28. The molecule has 39 heavy (non-hydrogen) atoms. The first kappa shape index (κ1) is 30.7. The summed E-state index contributed by atoms with van der Waals surface area (Å²) >= 11 is 9.48. The largest absolute Gasteiger partial charge is 0.354 e. The Morgan fingerprint density at radius 3 is 2.13 bits per heavy atom. The van der Waals surface area contributed by atoms with E-state index >= 15 is 0 Å². The predicted octanol–water partition coefficient (Wildman–Crippen LogP) is 5.28. The molecule has 1 N–H and O–H groups in total. The van der Waals surface area contributed by atoms with Crippen molar-refractivity contribution >= 4 is 55.1 Å². The number of halogens is 2. The van der Waals surface area contributed by atoms with Gasteiger partial charge in [0.15, 0.2) is 0 Å². The number of sulfonamides is 1. The minimum absolute atomic E-state index is 0.0934. The number of nitrogens with zero attached hydrogens (tertiary/aromatic N) is 2. The van der Waals surface area contributed by atoms with Gasteiger partial charge in [-0.1, -0.05) is 80.0 Å². The van der Waals surface area contributed by atoms with Gasteiger partial charge >= 0.3 is 0 Å². The van der Waals surface area contributed by atoms with E-state index in [4.69, 9.17) is 11.6 Å². The number of anilines is 1. The smallest absolute Gasteiger partial charge is 0.244 e. The molecule has 7 nitrogen and oxygen atoms in total. The van der Waals surface area contributed by atoms with Crippen molar-refractivity contribution in [2.45, 2.75) is 32.9 Å². The van der Waals surface area contributed by atoms with Crippen LogP contribution in [-0.4, -0.2) is 50.5 Å². The van der Waals surface area contributed by atoms with E-state index in [1.165, 1.54) is 4.90 Å². The summed E-state index contributed by atoms with van der Waals surface area (Å²) in [5, 5.41) is 3.51. The third-order valence-corrected chi connectivity index (χ3v) is 8.07. The molecule has 0 spiro atoms. The molecule has 0 unspecified atom stereocenters. The Balaban J connectivity index is 2.05. The van der Waals surface area contributed by atoms with Crippen molar-refractivity contribution in [3.05, 3.63) is 99.5 Å². The maximum Gasteiger partial charge on any atom is 0.244 e. The highest BCUT2D eigenvalue weighted by Gasteiger charge is 2.33. The number of hydrogen-bond acceptors (Lipinski definition) is 4. The summed E-state index contributed by atoms with van der Waals surface area (Å²) in [6.07, 6.45) is 1.32. The average molecular weight is 635 g/mol. The molecule has 0 bridgehead atoms. The van der Waals surface area contributed by atoms with Gasteiger partial charge in [0, 0.05) is 29.0 Å². The van der Waals surface area contributed by atoms with Crippen LogP contribution in [0, 0.1) is 5.92 Å². The third-order valence-electron chi connectivity index (χ3n) is 6.02. The molecule has 0 aliphatic carbocycles. The molecule has 0 saturated heterocycles. The summed E-state index contributed by atoms with van der Waals surface area (Å²) in [7, 11) is -3.84. The molecule has 3 aromatic rings. The van der Waals surface area contributed by atoms with E-state index in [1.54, 1.807) is 48.5 Å². The lowest BCUT2D eigenvalue weighted by molar-refractivity contribution is -0.140. The van der Waals surface area contributed by atoms with Gasteiger partial charge in [-0.2, -0.15) is 0 Å². The lowest BCUT2D eigenvalue weighted by Crippen LogP contribution is -2.53. The highest BCUT2D eigenvalue weighted by molar-refractivity contribution is 9.10. The molecule has 3 rings (SSSR count). The Morgan fingerprint density at radius 2 is 1.54 bits per heavy atom. The Hall–Kier alpha value is -2.88. The van der Waals surface area contributed by atoms with Crippen LogP contribution in [0.4, 0.5) is 5.69 Å². The molecule has 0 aliphatic rings. The molecule has 0 fully saturated rings. The van der Waals surface area contributed by atoms with Crippen molar-refractivity contribution < 1.29 is 18.0 Å². The maximum atomic E-state index is 14.0. The van der Waals surface area contributed by atoms with Crippen LogP contribution in [0.5, 0.6) is 0 Å². The van der Waals surface area contributed by atoms with Crippen molar-refractivity contribution in [3.63, 3.8) is 0 Å². The van der Waals surface area contributed by atoms with E-state index in [0.29, 0.717) is 21.7 Å². The van der Waals surface area contributed by atoms with Crippen LogP contribution in [-0.2, 0) is 32.6 Å². The van der Waals surface area contributed by atoms with Gasteiger partial charge in [0.05, 0.1) is 11.9 Å². The zero-order valence-corrected chi connectivity index (χ0v) is 25.3. The second-order valence-electron chi connectivity index (χ2n) is 9.71. The zero-order valence-electron chi connectivity index (χ0n) is 22.2. The number of para-hydroxylation sites is 1. The fraction of sp³-hybridized carbons (Fsp3) is 0.310. The lowest BCUT2D eigenvalue weighted by atomic mass is 10.0. The molecule has 1 atom stereocenters. The summed E-state index contributed by atoms with van der Waals surface area (Å²) in [5.41, 5.74) is 1.97. The normalized spacial score (nSPS) is 12.2. The van der Waals surface area contributed by atoms with Gasteiger partial charge in [-0.05, 0) is 57.2 Å². The van der Waals surface area contributed by atoms with E-state index < -0.39 is 28.5 Å². The Kier molecular flexibility index (Phi) is 11.0. The van der Waals surface area contributed by atoms with Gasteiger partial charge in [0.2, 0.25) is 21.8 Å². The van der Waals surface area contributed by atoms with Gasteiger partial charge < -0.3 is 10.2 Å². The monoisotopic (exact) mass is 633 g/mol. The van der Waals surface area contributed by atoms with Gasteiger partial charge in [-0.15, -0.1) is 0 Å². The van der Waals surface area contributed by atoms with Gasteiger partial charge in [0.1, 0.15) is 12.6 Å². The number of hydrogen-bond donors (Lipinski definition) is 1. The molecule has 0 heterocycles. The number of amides is 2. The Bertz CT molecular complexity index is 1370. The first-order valence-corrected chi connectivity index (χ1v) is 15.6. The summed E-state index contributed by atoms with van der Waals surface area (Å²) in [6, 6.07) is 22.4. The first-order chi connectivity index (χ1) is 18.5. The minimum Gasteiger partial charge on any atom is -0.354 e. The number of nitrogens with one attached hydrogen (secondary N) is 1. The van der Waals surface area contributed by atoms with Crippen LogP contribution >= 0.6 is 27.5 Å². The second-order valence-corrected chi connectivity index (χ2v) is 12.9. The van der Waals surface area contributed by atoms with Crippen molar-refractivity contribution in [2.75, 3.05) is 23.7 Å². The molecule has 2 amide bonds. The fourth-order valence-corrected chi connectivity index (χ4v) is 5.62. The minimum atomic E-state index is -3.84. The number of benzene rings is 3. The summed E-state index contributed by atoms with van der Waals surface area (Å²) in [4.78, 5) is 29.1. The van der Waals surface area contributed by atoms with E-state index in [9.17, 15) is 18.0 Å². The number of carbonyl (C=O) groups is 2. The van der Waals surface area contributed by atoms with Gasteiger partial charge in [-0.3, -0.25) is 13.9 Å². The molecular weight excluding hydrogens is 602 g/mol. The number of rotatable bonds is 12. The van der Waals surface area contributed by atoms with Crippen LogP contribution in [0.15, 0.2) is 83.3 Å². The van der Waals surface area contributed by atoms with E-state index in [-0.39, 0.29) is 24.8 Å². The van der Waals surface area contributed by atoms with E-state index in [1.807, 2.05) is 44.2 Å². The molecule has 0 aromatic heterocycles. The van der Waals surface area contributed by atoms with Crippen LogP contribution < -0.4 is 9.62 Å². The quantitative estimate of drug-likeness (QED) is 0.294. The summed E-state index contributed by atoms with van der Waals surface area (Å²) in [6.45, 7) is 4.04. The molecule has 0 saturated carbocycles. The third kappa shape index (κ3) is 9.08. The van der Waals surface area contributed by atoms with E-state index in [2.05, 4.69) is 21.2 Å². The maximum absolute atomic E-state index is 14.0. The van der Waals surface area contributed by atoms with Crippen LogP contribution in [0.3, 0.4) is 0 Å². The van der Waals surface area contributed by atoms with Crippen molar-refractivity contribution in [1.29, 1.82) is 0 Å². The second kappa shape index (κ2) is 14.0. The molecule has 3 aromatic carbocycles. The first-order valence-electron chi connectivity index (χ1n) is 12.5. The Morgan fingerprint density at radius 1 is 0.923 bits per heavy atom. The fourth-order valence-electron chi connectivity index (χ4n) is 4.01. The zero-order chi connectivity index (χ0) is 28.6. The number of carbonyl (C=O) groups excluding carboxylic acids is 2. The highest BCUT2D eigenvalue weighted by atomic mass is 79.9. The van der Waals surface area contributed by atoms with Crippen LogP contribution in [0.2, 0.25) is 5.02 Å². The molecule has 0 radical (unpaired) electrons. The summed E-state index contributed by atoms with van der Waals surface area (Å²) < 4.78 is 27.3. The van der Waals surface area contributed by atoms with E-state index in [0.717, 1.165) is 21.7 Å². The summed E-state index contributed by atoms with van der Waals surface area (Å²) in [5.74, 6) is -0.601. The molecule has 208 valence electrons. The van der Waals surface area contributed by atoms with Crippen molar-refractivity contribution in [2.24, 2.45) is 5.92 Å². The lowest BCUT2D eigenvalue weighted by Gasteiger charge is -2.34. The van der Waals surface area contributed by atoms with Crippen molar-refractivity contribution in [3.8, 4) is 0 Å². The van der Waals surface area contributed by atoms with Gasteiger partial charge in [0.25, 0.3) is 0 Å².